The number of amides is 2. The van der Waals surface area contributed by atoms with Gasteiger partial charge in [-0.2, -0.15) is 0 Å². The maximum atomic E-state index is 12.0. The number of furan rings is 1. The molecule has 0 saturated heterocycles. The Balaban J connectivity index is 1.74. The molecular formula is C16H16N2O3. The predicted octanol–water partition coefficient (Wildman–Crippen LogP) is 2.66. The Morgan fingerprint density at radius 1 is 1.33 bits per heavy atom. The molecule has 2 heterocycles. The van der Waals surface area contributed by atoms with Crippen molar-refractivity contribution in [3.05, 3.63) is 53.5 Å². The van der Waals surface area contributed by atoms with Crippen molar-refractivity contribution in [1.82, 2.24) is 5.32 Å². The SMILES string of the molecule is C[C@H](NC(=O)c1ccoc1)c1ccc2c(c1)CCC(=O)N2. The molecule has 2 N–H and O–H groups in total. The van der Waals surface area contributed by atoms with Crippen LogP contribution in [0, 0.1) is 0 Å². The fourth-order valence-electron chi connectivity index (χ4n) is 2.43. The van der Waals surface area contributed by atoms with Gasteiger partial charge in [-0.25, -0.2) is 0 Å². The van der Waals surface area contributed by atoms with Crippen molar-refractivity contribution < 1.29 is 14.0 Å². The average molecular weight is 284 g/mol. The number of carbonyl (C=O) groups excluding carboxylic acids is 2. The maximum Gasteiger partial charge on any atom is 0.255 e. The minimum atomic E-state index is -0.165. The van der Waals surface area contributed by atoms with Gasteiger partial charge < -0.3 is 15.1 Å². The summed E-state index contributed by atoms with van der Waals surface area (Å²) < 4.78 is 4.91. The Hall–Kier alpha value is -2.56. The summed E-state index contributed by atoms with van der Waals surface area (Å²) in [6, 6.07) is 7.36. The lowest BCUT2D eigenvalue weighted by Crippen LogP contribution is -2.26. The van der Waals surface area contributed by atoms with Gasteiger partial charge in [0, 0.05) is 12.1 Å². The summed E-state index contributed by atoms with van der Waals surface area (Å²) in [6.07, 6.45) is 4.13. The molecule has 2 aromatic rings. The first-order valence-corrected chi connectivity index (χ1v) is 6.89. The summed E-state index contributed by atoms with van der Waals surface area (Å²) in [5.41, 5.74) is 3.49. The third kappa shape index (κ3) is 2.81. The normalized spacial score (nSPS) is 15.0. The monoisotopic (exact) mass is 284 g/mol. The van der Waals surface area contributed by atoms with E-state index in [4.69, 9.17) is 4.42 Å². The van der Waals surface area contributed by atoms with Gasteiger partial charge in [0.15, 0.2) is 0 Å². The number of benzene rings is 1. The van der Waals surface area contributed by atoms with Crippen molar-refractivity contribution >= 4 is 17.5 Å². The second-order valence-corrected chi connectivity index (χ2v) is 5.17. The summed E-state index contributed by atoms with van der Waals surface area (Å²) in [4.78, 5) is 23.3. The van der Waals surface area contributed by atoms with Gasteiger partial charge in [0.1, 0.15) is 6.26 Å². The fourth-order valence-corrected chi connectivity index (χ4v) is 2.43. The van der Waals surface area contributed by atoms with Gasteiger partial charge in [0.2, 0.25) is 5.91 Å². The second kappa shape index (κ2) is 5.44. The van der Waals surface area contributed by atoms with Crippen LogP contribution in [0.3, 0.4) is 0 Å². The van der Waals surface area contributed by atoms with Crippen LogP contribution in [0.2, 0.25) is 0 Å². The number of carbonyl (C=O) groups is 2. The number of rotatable bonds is 3. The van der Waals surface area contributed by atoms with E-state index in [1.165, 1.54) is 12.5 Å². The molecule has 0 spiro atoms. The molecule has 1 atom stereocenters. The molecule has 1 aromatic carbocycles. The van der Waals surface area contributed by atoms with Crippen molar-refractivity contribution in [1.29, 1.82) is 0 Å². The van der Waals surface area contributed by atoms with Crippen molar-refractivity contribution in [3.8, 4) is 0 Å². The van der Waals surface area contributed by atoms with Crippen molar-refractivity contribution in [3.63, 3.8) is 0 Å². The van der Waals surface area contributed by atoms with Crippen LogP contribution in [0.4, 0.5) is 5.69 Å². The van der Waals surface area contributed by atoms with E-state index >= 15 is 0 Å². The van der Waals surface area contributed by atoms with Gasteiger partial charge in [-0.3, -0.25) is 9.59 Å². The van der Waals surface area contributed by atoms with Crippen LogP contribution < -0.4 is 10.6 Å². The van der Waals surface area contributed by atoms with Crippen LogP contribution in [0.15, 0.2) is 41.2 Å². The predicted molar refractivity (Wildman–Crippen MR) is 78.0 cm³/mol. The van der Waals surface area contributed by atoms with Gasteiger partial charge in [-0.15, -0.1) is 0 Å². The summed E-state index contributed by atoms with van der Waals surface area (Å²) in [5.74, 6) is -0.112. The van der Waals surface area contributed by atoms with Crippen LogP contribution in [-0.2, 0) is 11.2 Å². The smallest absolute Gasteiger partial charge is 0.255 e. The number of fused-ring (bicyclic) bond motifs is 1. The maximum absolute atomic E-state index is 12.0. The molecule has 3 rings (SSSR count). The summed E-state index contributed by atoms with van der Waals surface area (Å²) in [6.45, 7) is 1.93. The lowest BCUT2D eigenvalue weighted by molar-refractivity contribution is -0.116. The van der Waals surface area contributed by atoms with Crippen LogP contribution in [0.5, 0.6) is 0 Å². The topological polar surface area (TPSA) is 71.3 Å². The second-order valence-electron chi connectivity index (χ2n) is 5.17. The zero-order chi connectivity index (χ0) is 14.8. The lowest BCUT2D eigenvalue weighted by Gasteiger charge is -2.20. The van der Waals surface area contributed by atoms with Crippen LogP contribution in [0.25, 0.3) is 0 Å². The van der Waals surface area contributed by atoms with Gasteiger partial charge in [-0.1, -0.05) is 12.1 Å². The molecule has 1 aliphatic heterocycles. The Kier molecular flexibility index (Phi) is 3.48. The molecule has 21 heavy (non-hydrogen) atoms. The number of hydrogen-bond donors (Lipinski definition) is 2. The molecule has 0 saturated carbocycles. The van der Waals surface area contributed by atoms with E-state index in [1.54, 1.807) is 6.07 Å². The van der Waals surface area contributed by atoms with Crippen molar-refractivity contribution in [2.45, 2.75) is 25.8 Å². The number of hydrogen-bond acceptors (Lipinski definition) is 3. The van der Waals surface area contributed by atoms with E-state index in [-0.39, 0.29) is 17.9 Å². The van der Waals surface area contributed by atoms with Crippen LogP contribution >= 0.6 is 0 Å². The third-order valence-corrected chi connectivity index (χ3v) is 3.66. The highest BCUT2D eigenvalue weighted by Gasteiger charge is 2.17. The van der Waals surface area contributed by atoms with E-state index < -0.39 is 0 Å². The first-order chi connectivity index (χ1) is 10.1. The van der Waals surface area contributed by atoms with E-state index in [9.17, 15) is 9.59 Å². The lowest BCUT2D eigenvalue weighted by atomic mass is 9.97. The Bertz CT molecular complexity index is 677. The van der Waals surface area contributed by atoms with Gasteiger partial charge in [0.25, 0.3) is 5.91 Å². The highest BCUT2D eigenvalue weighted by atomic mass is 16.3. The zero-order valence-electron chi connectivity index (χ0n) is 11.7. The van der Waals surface area contributed by atoms with E-state index in [0.29, 0.717) is 12.0 Å². The summed E-state index contributed by atoms with van der Waals surface area (Å²) >= 11 is 0. The number of nitrogens with one attached hydrogen (secondary N) is 2. The molecule has 1 aliphatic rings. The summed E-state index contributed by atoms with van der Waals surface area (Å²) in [5, 5.41) is 5.78. The van der Waals surface area contributed by atoms with Crippen molar-refractivity contribution in [2.24, 2.45) is 0 Å². The molecule has 0 bridgehead atoms. The number of aryl methyl sites for hydroxylation is 1. The standard InChI is InChI=1S/C16H16N2O3/c1-10(17-16(20)13-6-7-21-9-13)11-2-4-14-12(8-11)3-5-15(19)18-14/h2,4,6-10H,3,5H2,1H3,(H,17,20)(H,18,19)/t10-/m0/s1. The molecule has 5 nitrogen and oxygen atoms in total. The van der Waals surface area contributed by atoms with Crippen LogP contribution in [-0.4, -0.2) is 11.8 Å². The van der Waals surface area contributed by atoms with Gasteiger partial charge >= 0.3 is 0 Å². The van der Waals surface area contributed by atoms with E-state index in [2.05, 4.69) is 10.6 Å². The highest BCUT2D eigenvalue weighted by molar-refractivity contribution is 5.94. The average Bonchev–Trinajstić information content (AvgIpc) is 3.01. The number of anilines is 1. The molecule has 0 unspecified atom stereocenters. The Labute approximate surface area is 122 Å². The Morgan fingerprint density at radius 3 is 2.95 bits per heavy atom. The molecule has 5 heteroatoms. The molecule has 0 aliphatic carbocycles. The molecule has 108 valence electrons. The van der Waals surface area contributed by atoms with Crippen LogP contribution in [0.1, 0.15) is 40.9 Å². The fraction of sp³-hybridized carbons (Fsp3) is 0.250. The van der Waals surface area contributed by atoms with Gasteiger partial charge in [0.05, 0.1) is 17.9 Å². The van der Waals surface area contributed by atoms with Gasteiger partial charge in [-0.05, 0) is 36.6 Å². The van der Waals surface area contributed by atoms with E-state index in [0.717, 1.165) is 23.2 Å². The molecule has 2 amide bonds. The first kappa shape index (κ1) is 13.4. The molecular weight excluding hydrogens is 268 g/mol. The first-order valence-electron chi connectivity index (χ1n) is 6.89. The largest absolute Gasteiger partial charge is 0.472 e. The molecule has 0 fully saturated rings. The Morgan fingerprint density at radius 2 is 2.19 bits per heavy atom. The summed E-state index contributed by atoms with van der Waals surface area (Å²) in [7, 11) is 0. The third-order valence-electron chi connectivity index (χ3n) is 3.66. The zero-order valence-corrected chi connectivity index (χ0v) is 11.7. The minimum absolute atomic E-state index is 0.0524. The van der Waals surface area contributed by atoms with Crippen molar-refractivity contribution in [2.75, 3.05) is 5.32 Å². The molecule has 0 radical (unpaired) electrons. The van der Waals surface area contributed by atoms with E-state index in [1.807, 2.05) is 25.1 Å². The minimum Gasteiger partial charge on any atom is -0.472 e. The molecule has 1 aromatic heterocycles. The highest BCUT2D eigenvalue weighted by Crippen LogP contribution is 2.26. The quantitative estimate of drug-likeness (QED) is 0.910.